The number of carboxylic acids is 1. The normalized spacial score (nSPS) is 12.0. The van der Waals surface area contributed by atoms with Crippen molar-refractivity contribution in [1.29, 1.82) is 0 Å². The average molecular weight is 289 g/mol. The fraction of sp³-hybridized carbons (Fsp3) is 0.500. The number of nitrogens with zero attached hydrogens (tertiary/aromatic N) is 2. The Morgan fingerprint density at radius 2 is 2.24 bits per heavy atom. The maximum Gasteiger partial charge on any atom is 0.310 e. The van der Waals surface area contributed by atoms with Gasteiger partial charge in [-0.05, 0) is 44.5 Å². The molecular formula is C16H23N3O2. The third-order valence-corrected chi connectivity index (χ3v) is 3.60. The van der Waals surface area contributed by atoms with Crippen molar-refractivity contribution in [2.45, 2.75) is 40.3 Å². The smallest absolute Gasteiger partial charge is 0.310 e. The van der Waals surface area contributed by atoms with Crippen molar-refractivity contribution in [2.75, 3.05) is 6.54 Å². The lowest BCUT2D eigenvalue weighted by Crippen LogP contribution is -2.29. The Hall–Kier alpha value is -1.88. The summed E-state index contributed by atoms with van der Waals surface area (Å²) in [6.45, 7) is 7.75. The highest BCUT2D eigenvalue weighted by Crippen LogP contribution is 2.25. The quantitative estimate of drug-likeness (QED) is 0.769. The van der Waals surface area contributed by atoms with E-state index in [1.807, 2.05) is 22.9 Å². The van der Waals surface area contributed by atoms with Crippen LogP contribution in [0.1, 0.15) is 32.8 Å². The highest BCUT2D eigenvalue weighted by Gasteiger charge is 2.28. The topological polar surface area (TPSA) is 67.2 Å². The Labute approximate surface area is 125 Å². The van der Waals surface area contributed by atoms with Gasteiger partial charge in [0.2, 0.25) is 0 Å². The van der Waals surface area contributed by atoms with Gasteiger partial charge in [0.05, 0.1) is 5.41 Å². The van der Waals surface area contributed by atoms with Gasteiger partial charge in [0, 0.05) is 30.9 Å². The summed E-state index contributed by atoms with van der Waals surface area (Å²) >= 11 is 0. The van der Waals surface area contributed by atoms with Gasteiger partial charge >= 0.3 is 5.97 Å². The second-order valence-corrected chi connectivity index (χ2v) is 6.02. The molecule has 0 bridgehead atoms. The fourth-order valence-electron chi connectivity index (χ4n) is 2.35. The molecule has 0 amide bonds. The summed E-state index contributed by atoms with van der Waals surface area (Å²) in [5.74, 6) is -0.800. The molecule has 2 rings (SSSR count). The van der Waals surface area contributed by atoms with Crippen molar-refractivity contribution < 1.29 is 9.90 Å². The standard InChI is InChI=1S/C16H23N3O2/c1-4-7-17-9-12-10-19(11-16(2,3)15(20)21)14-13(12)6-5-8-18-14/h5-6,8,10,17H,4,7,9,11H2,1-3H3,(H,20,21). The van der Waals surface area contributed by atoms with E-state index in [2.05, 4.69) is 17.2 Å². The minimum Gasteiger partial charge on any atom is -0.481 e. The van der Waals surface area contributed by atoms with Gasteiger partial charge in [0.1, 0.15) is 5.65 Å². The number of aromatic nitrogens is 2. The molecule has 2 aromatic heterocycles. The Kier molecular flexibility index (Phi) is 4.63. The van der Waals surface area contributed by atoms with Gasteiger partial charge in [-0.2, -0.15) is 0 Å². The lowest BCUT2D eigenvalue weighted by atomic mass is 9.94. The summed E-state index contributed by atoms with van der Waals surface area (Å²) in [4.78, 5) is 15.7. The Morgan fingerprint density at radius 1 is 1.48 bits per heavy atom. The lowest BCUT2D eigenvalue weighted by Gasteiger charge is -2.20. The second-order valence-electron chi connectivity index (χ2n) is 6.02. The van der Waals surface area contributed by atoms with Crippen LogP contribution in [0, 0.1) is 5.41 Å². The molecule has 2 aromatic rings. The van der Waals surface area contributed by atoms with E-state index in [4.69, 9.17) is 0 Å². The molecule has 2 heterocycles. The van der Waals surface area contributed by atoms with Crippen LogP contribution in [-0.4, -0.2) is 27.2 Å². The maximum atomic E-state index is 11.3. The van der Waals surface area contributed by atoms with Gasteiger partial charge in [0.15, 0.2) is 0 Å². The summed E-state index contributed by atoms with van der Waals surface area (Å²) in [7, 11) is 0. The summed E-state index contributed by atoms with van der Waals surface area (Å²) < 4.78 is 1.95. The largest absolute Gasteiger partial charge is 0.481 e. The van der Waals surface area contributed by atoms with E-state index in [0.717, 1.165) is 36.1 Å². The molecule has 5 nitrogen and oxygen atoms in total. The van der Waals surface area contributed by atoms with E-state index >= 15 is 0 Å². The number of pyridine rings is 1. The molecule has 5 heteroatoms. The number of nitrogens with one attached hydrogen (secondary N) is 1. The van der Waals surface area contributed by atoms with Crippen LogP contribution in [0.4, 0.5) is 0 Å². The third kappa shape index (κ3) is 3.42. The zero-order chi connectivity index (χ0) is 15.5. The lowest BCUT2D eigenvalue weighted by molar-refractivity contribution is -0.147. The van der Waals surface area contributed by atoms with Crippen LogP contribution in [0.25, 0.3) is 11.0 Å². The highest BCUT2D eigenvalue weighted by molar-refractivity contribution is 5.81. The van der Waals surface area contributed by atoms with Crippen LogP contribution < -0.4 is 5.32 Å². The number of carbonyl (C=O) groups is 1. The van der Waals surface area contributed by atoms with Crippen molar-refractivity contribution in [1.82, 2.24) is 14.9 Å². The Balaban J connectivity index is 2.33. The minimum atomic E-state index is -0.822. The number of hydrogen-bond donors (Lipinski definition) is 2. The van der Waals surface area contributed by atoms with Crippen LogP contribution in [0.2, 0.25) is 0 Å². The van der Waals surface area contributed by atoms with Crippen molar-refractivity contribution >= 4 is 17.0 Å². The van der Waals surface area contributed by atoms with Gasteiger partial charge in [-0.1, -0.05) is 6.92 Å². The van der Waals surface area contributed by atoms with E-state index in [-0.39, 0.29) is 0 Å². The van der Waals surface area contributed by atoms with Crippen LogP contribution in [0.3, 0.4) is 0 Å². The van der Waals surface area contributed by atoms with E-state index in [9.17, 15) is 9.90 Å². The molecule has 0 atom stereocenters. The first-order valence-electron chi connectivity index (χ1n) is 7.32. The average Bonchev–Trinajstić information content (AvgIpc) is 2.77. The summed E-state index contributed by atoms with van der Waals surface area (Å²) in [6.07, 6.45) is 4.85. The first-order chi connectivity index (χ1) is 9.95. The predicted molar refractivity (Wildman–Crippen MR) is 83.1 cm³/mol. The van der Waals surface area contributed by atoms with E-state index in [1.165, 1.54) is 0 Å². The van der Waals surface area contributed by atoms with Crippen molar-refractivity contribution in [3.8, 4) is 0 Å². The summed E-state index contributed by atoms with van der Waals surface area (Å²) in [5.41, 5.74) is 1.19. The highest BCUT2D eigenvalue weighted by atomic mass is 16.4. The molecule has 0 unspecified atom stereocenters. The Bertz CT molecular complexity index is 631. The monoisotopic (exact) mass is 289 g/mol. The molecule has 0 aliphatic heterocycles. The first-order valence-corrected chi connectivity index (χ1v) is 7.32. The van der Waals surface area contributed by atoms with Gasteiger partial charge in [-0.15, -0.1) is 0 Å². The van der Waals surface area contributed by atoms with Crippen molar-refractivity contribution in [3.05, 3.63) is 30.1 Å². The van der Waals surface area contributed by atoms with Gasteiger partial charge in [-0.25, -0.2) is 4.98 Å². The number of carboxylic acid groups (broad SMARTS) is 1. The zero-order valence-electron chi connectivity index (χ0n) is 12.9. The number of fused-ring (bicyclic) bond motifs is 1. The molecule has 0 aromatic carbocycles. The predicted octanol–water partition coefficient (Wildman–Crippen LogP) is 2.65. The number of aliphatic carboxylic acids is 1. The number of hydrogen-bond acceptors (Lipinski definition) is 3. The third-order valence-electron chi connectivity index (χ3n) is 3.60. The second kappa shape index (κ2) is 6.26. The van der Waals surface area contributed by atoms with Crippen molar-refractivity contribution in [3.63, 3.8) is 0 Å². The van der Waals surface area contributed by atoms with E-state index in [0.29, 0.717) is 6.54 Å². The molecule has 0 radical (unpaired) electrons. The van der Waals surface area contributed by atoms with Gasteiger partial charge in [-0.3, -0.25) is 4.79 Å². The molecule has 2 N–H and O–H groups in total. The zero-order valence-corrected chi connectivity index (χ0v) is 12.9. The van der Waals surface area contributed by atoms with Crippen LogP contribution >= 0.6 is 0 Å². The van der Waals surface area contributed by atoms with E-state index in [1.54, 1.807) is 20.0 Å². The van der Waals surface area contributed by atoms with Crippen LogP contribution in [-0.2, 0) is 17.9 Å². The summed E-state index contributed by atoms with van der Waals surface area (Å²) in [5, 5.41) is 13.8. The van der Waals surface area contributed by atoms with Crippen molar-refractivity contribution in [2.24, 2.45) is 5.41 Å². The molecule has 114 valence electrons. The van der Waals surface area contributed by atoms with Gasteiger partial charge in [0.25, 0.3) is 0 Å². The molecule has 0 aliphatic carbocycles. The molecule has 21 heavy (non-hydrogen) atoms. The number of rotatable bonds is 7. The van der Waals surface area contributed by atoms with Gasteiger partial charge < -0.3 is 15.0 Å². The molecule has 0 aliphatic rings. The summed E-state index contributed by atoms with van der Waals surface area (Å²) in [6, 6.07) is 3.95. The molecule has 0 saturated heterocycles. The fourth-order valence-corrected chi connectivity index (χ4v) is 2.35. The first kappa shape index (κ1) is 15.5. The van der Waals surface area contributed by atoms with Crippen LogP contribution in [0.15, 0.2) is 24.5 Å². The molecule has 0 spiro atoms. The molecule has 0 saturated carbocycles. The maximum absolute atomic E-state index is 11.3. The Morgan fingerprint density at radius 3 is 2.90 bits per heavy atom. The van der Waals surface area contributed by atoms with E-state index < -0.39 is 11.4 Å². The van der Waals surface area contributed by atoms with Crippen LogP contribution in [0.5, 0.6) is 0 Å². The molecular weight excluding hydrogens is 266 g/mol. The SMILES string of the molecule is CCCNCc1cn(CC(C)(C)C(=O)O)c2ncccc12. The minimum absolute atomic E-state index is 0.406. The molecule has 0 fully saturated rings.